The number of para-hydroxylation sites is 1. The van der Waals surface area contributed by atoms with Crippen molar-refractivity contribution in [2.45, 2.75) is 19.9 Å². The van der Waals surface area contributed by atoms with E-state index in [0.29, 0.717) is 0 Å². The normalized spacial score (nSPS) is 11.5. The molecule has 5 heteroatoms. The van der Waals surface area contributed by atoms with Gasteiger partial charge in [-0.15, -0.1) is 0 Å². The van der Waals surface area contributed by atoms with Gasteiger partial charge in [-0.3, -0.25) is 9.59 Å². The summed E-state index contributed by atoms with van der Waals surface area (Å²) in [6.07, 6.45) is 0. The molecule has 2 N–H and O–H groups in total. The Morgan fingerprint density at radius 2 is 1.44 bits per heavy atom. The van der Waals surface area contributed by atoms with E-state index in [9.17, 15) is 9.59 Å². The van der Waals surface area contributed by atoms with Gasteiger partial charge in [0.05, 0.1) is 6.04 Å². The maximum Gasteiger partial charge on any atom is 0.274 e. The van der Waals surface area contributed by atoms with E-state index in [4.69, 9.17) is 0 Å². The van der Waals surface area contributed by atoms with Crippen LogP contribution in [0.2, 0.25) is 0 Å². The maximum absolute atomic E-state index is 12.5. The van der Waals surface area contributed by atoms with Crippen molar-refractivity contribution in [2.75, 3.05) is 5.32 Å². The quantitative estimate of drug-likeness (QED) is 0.719. The summed E-state index contributed by atoms with van der Waals surface area (Å²) in [4.78, 5) is 29.2. The maximum atomic E-state index is 12.5. The second kappa shape index (κ2) is 8.27. The summed E-state index contributed by atoms with van der Waals surface area (Å²) in [5, 5.41) is 5.73. The first-order valence-electron chi connectivity index (χ1n) is 8.74. The van der Waals surface area contributed by atoms with Gasteiger partial charge >= 0.3 is 0 Å². The van der Waals surface area contributed by atoms with Crippen molar-refractivity contribution in [3.05, 3.63) is 95.3 Å². The molecule has 0 radical (unpaired) electrons. The van der Waals surface area contributed by atoms with Crippen LogP contribution >= 0.6 is 0 Å². The molecule has 0 aliphatic carbocycles. The number of carbonyl (C=O) groups excluding carboxylic acids is 2. The lowest BCUT2D eigenvalue weighted by Gasteiger charge is -2.14. The zero-order chi connectivity index (χ0) is 19.2. The number of carbonyl (C=O) groups is 2. The Morgan fingerprint density at radius 1 is 0.815 bits per heavy atom. The first kappa shape index (κ1) is 18.3. The number of aromatic nitrogens is 1. The first-order chi connectivity index (χ1) is 13.0. The molecule has 27 heavy (non-hydrogen) atoms. The summed E-state index contributed by atoms with van der Waals surface area (Å²) in [7, 11) is 0. The third kappa shape index (κ3) is 4.58. The minimum absolute atomic E-state index is 0.162. The Bertz CT molecular complexity index is 955. The number of pyridine rings is 1. The van der Waals surface area contributed by atoms with Gasteiger partial charge in [0.1, 0.15) is 11.4 Å². The second-order valence-electron chi connectivity index (χ2n) is 6.28. The van der Waals surface area contributed by atoms with Crippen LogP contribution in [0, 0.1) is 6.92 Å². The van der Waals surface area contributed by atoms with Crippen LogP contribution in [0.15, 0.2) is 72.8 Å². The van der Waals surface area contributed by atoms with Gasteiger partial charge in [-0.1, -0.05) is 54.6 Å². The van der Waals surface area contributed by atoms with Crippen LogP contribution in [-0.4, -0.2) is 16.8 Å². The van der Waals surface area contributed by atoms with Gasteiger partial charge in [-0.05, 0) is 43.2 Å². The summed E-state index contributed by atoms with van der Waals surface area (Å²) < 4.78 is 0. The van der Waals surface area contributed by atoms with E-state index in [0.717, 1.165) is 16.8 Å². The van der Waals surface area contributed by atoms with Crippen molar-refractivity contribution in [1.82, 2.24) is 10.3 Å². The van der Waals surface area contributed by atoms with Crippen molar-refractivity contribution < 1.29 is 9.59 Å². The molecule has 0 aliphatic rings. The lowest BCUT2D eigenvalue weighted by atomic mass is 10.1. The number of amides is 2. The average Bonchev–Trinajstić information content (AvgIpc) is 2.70. The summed E-state index contributed by atoms with van der Waals surface area (Å²) in [5.41, 5.74) is 3.07. The molecule has 3 rings (SSSR count). The van der Waals surface area contributed by atoms with Crippen molar-refractivity contribution >= 4 is 17.5 Å². The Balaban J connectivity index is 1.72. The summed E-state index contributed by atoms with van der Waals surface area (Å²) in [6, 6.07) is 21.8. The Kier molecular flexibility index (Phi) is 5.61. The number of benzene rings is 2. The first-order valence-corrected chi connectivity index (χ1v) is 8.74. The fourth-order valence-corrected chi connectivity index (χ4v) is 2.68. The number of hydrogen-bond acceptors (Lipinski definition) is 3. The Morgan fingerprint density at radius 3 is 2.15 bits per heavy atom. The van der Waals surface area contributed by atoms with Gasteiger partial charge in [0.25, 0.3) is 11.8 Å². The highest BCUT2D eigenvalue weighted by molar-refractivity contribution is 6.04. The van der Waals surface area contributed by atoms with Gasteiger partial charge < -0.3 is 10.6 Å². The lowest BCUT2D eigenvalue weighted by molar-refractivity contribution is 0.0934. The van der Waals surface area contributed by atoms with Crippen molar-refractivity contribution in [3.63, 3.8) is 0 Å². The fraction of sp³-hybridized carbons (Fsp3) is 0.136. The highest BCUT2D eigenvalue weighted by Crippen LogP contribution is 2.15. The standard InChI is InChI=1S/C22H21N3O2/c1-15-9-6-7-12-18(15)25-22(27)20-14-8-13-19(24-20)21(26)23-16(2)17-10-4-3-5-11-17/h3-14,16H,1-2H3,(H,23,26)(H,25,27). The predicted octanol–water partition coefficient (Wildman–Crippen LogP) is 4.13. The molecule has 0 aliphatic heterocycles. The van der Waals surface area contributed by atoms with Gasteiger partial charge in [-0.2, -0.15) is 0 Å². The van der Waals surface area contributed by atoms with Crippen molar-refractivity contribution in [3.8, 4) is 0 Å². The molecule has 0 bridgehead atoms. The van der Waals surface area contributed by atoms with Crippen LogP contribution < -0.4 is 10.6 Å². The summed E-state index contributed by atoms with van der Waals surface area (Å²) in [5.74, 6) is -0.674. The summed E-state index contributed by atoms with van der Waals surface area (Å²) >= 11 is 0. The van der Waals surface area contributed by atoms with Gasteiger partial charge in [-0.25, -0.2) is 4.98 Å². The monoisotopic (exact) mass is 359 g/mol. The van der Waals surface area contributed by atoms with Crippen LogP contribution in [0.5, 0.6) is 0 Å². The highest BCUT2D eigenvalue weighted by atomic mass is 16.2. The molecule has 3 aromatic rings. The molecule has 1 heterocycles. The van der Waals surface area contributed by atoms with Crippen LogP contribution in [0.1, 0.15) is 45.1 Å². The SMILES string of the molecule is Cc1ccccc1NC(=O)c1cccc(C(=O)NC(C)c2ccccc2)n1. The smallest absolute Gasteiger partial charge is 0.274 e. The largest absolute Gasteiger partial charge is 0.344 e. The molecular formula is C22H21N3O2. The molecule has 1 aromatic heterocycles. The number of hydrogen-bond donors (Lipinski definition) is 2. The van der Waals surface area contributed by atoms with Gasteiger partial charge in [0, 0.05) is 5.69 Å². The molecular weight excluding hydrogens is 338 g/mol. The van der Waals surface area contributed by atoms with E-state index in [1.54, 1.807) is 18.2 Å². The average molecular weight is 359 g/mol. The van der Waals surface area contributed by atoms with E-state index in [1.807, 2.05) is 68.4 Å². The second-order valence-corrected chi connectivity index (χ2v) is 6.28. The molecule has 5 nitrogen and oxygen atoms in total. The topological polar surface area (TPSA) is 71.1 Å². The van der Waals surface area contributed by atoms with Gasteiger partial charge in [0.2, 0.25) is 0 Å². The lowest BCUT2D eigenvalue weighted by Crippen LogP contribution is -2.28. The van der Waals surface area contributed by atoms with E-state index in [-0.39, 0.29) is 29.2 Å². The number of nitrogens with one attached hydrogen (secondary N) is 2. The van der Waals surface area contributed by atoms with Crippen LogP contribution in [0.3, 0.4) is 0 Å². The van der Waals surface area contributed by atoms with Crippen molar-refractivity contribution in [2.24, 2.45) is 0 Å². The van der Waals surface area contributed by atoms with Crippen LogP contribution in [-0.2, 0) is 0 Å². The molecule has 0 saturated carbocycles. The number of nitrogens with zero attached hydrogens (tertiary/aromatic N) is 1. The number of anilines is 1. The summed E-state index contributed by atoms with van der Waals surface area (Å²) in [6.45, 7) is 3.82. The molecule has 2 amide bonds. The van der Waals surface area contributed by atoms with E-state index in [2.05, 4.69) is 15.6 Å². The molecule has 0 saturated heterocycles. The van der Waals surface area contributed by atoms with Crippen molar-refractivity contribution in [1.29, 1.82) is 0 Å². The Hall–Kier alpha value is -3.47. The Labute approximate surface area is 158 Å². The zero-order valence-corrected chi connectivity index (χ0v) is 15.3. The molecule has 1 atom stereocenters. The predicted molar refractivity (Wildman–Crippen MR) is 106 cm³/mol. The number of aryl methyl sites for hydroxylation is 1. The third-order valence-corrected chi connectivity index (χ3v) is 4.25. The van der Waals surface area contributed by atoms with E-state index in [1.165, 1.54) is 0 Å². The van der Waals surface area contributed by atoms with Gasteiger partial charge in [0.15, 0.2) is 0 Å². The molecule has 0 spiro atoms. The molecule has 1 unspecified atom stereocenters. The molecule has 2 aromatic carbocycles. The molecule has 136 valence electrons. The number of rotatable bonds is 5. The fourth-order valence-electron chi connectivity index (χ4n) is 2.68. The minimum atomic E-state index is -0.352. The van der Waals surface area contributed by atoms with Crippen LogP contribution in [0.25, 0.3) is 0 Å². The third-order valence-electron chi connectivity index (χ3n) is 4.25. The van der Waals surface area contributed by atoms with E-state index < -0.39 is 0 Å². The molecule has 0 fully saturated rings. The minimum Gasteiger partial charge on any atom is -0.344 e. The zero-order valence-electron chi connectivity index (χ0n) is 15.3. The van der Waals surface area contributed by atoms with E-state index >= 15 is 0 Å². The van der Waals surface area contributed by atoms with Crippen LogP contribution in [0.4, 0.5) is 5.69 Å². The highest BCUT2D eigenvalue weighted by Gasteiger charge is 2.15.